The molecule has 0 bridgehead atoms. The molecule has 0 aliphatic heterocycles. The van der Waals surface area contributed by atoms with Gasteiger partial charge in [0.1, 0.15) is 23.0 Å². The lowest BCUT2D eigenvalue weighted by molar-refractivity contribution is -0.121. The Balaban J connectivity index is 1.66. The molecule has 0 aliphatic carbocycles. The molecule has 0 fully saturated rings. The van der Waals surface area contributed by atoms with Crippen molar-refractivity contribution in [1.82, 2.24) is 16.0 Å². The Hall–Kier alpha value is -7.40. The number of benzene rings is 4. The molecule has 0 saturated heterocycles. The first-order valence-electron chi connectivity index (χ1n) is 36.5. The highest BCUT2D eigenvalue weighted by Crippen LogP contribution is 2.29. The summed E-state index contributed by atoms with van der Waals surface area (Å²) >= 11 is 0. The highest BCUT2D eigenvalue weighted by Gasteiger charge is 2.30. The maximum absolute atomic E-state index is 14.9. The molecule has 536 valence electrons. The molecule has 4 atom stereocenters. The number of carbonyl (C=O) groups is 8. The minimum Gasteiger partial charge on any atom is -0.493 e. The largest absolute Gasteiger partial charge is 0.493 e. The van der Waals surface area contributed by atoms with Gasteiger partial charge in [0.2, 0.25) is 0 Å². The molecule has 7 N–H and O–H groups in total. The Morgan fingerprint density at radius 1 is 0.340 bits per heavy atom. The summed E-state index contributed by atoms with van der Waals surface area (Å²) in [5.41, 5.74) is 14.9. The van der Waals surface area contributed by atoms with Gasteiger partial charge in [-0.25, -0.2) is 0 Å². The van der Waals surface area contributed by atoms with E-state index >= 15 is 0 Å². The number of rotatable bonds is 51. The van der Waals surface area contributed by atoms with Gasteiger partial charge in [0.15, 0.2) is 23.1 Å². The van der Waals surface area contributed by atoms with Crippen LogP contribution in [-0.4, -0.2) is 97.4 Å². The Bertz CT molecular complexity index is 3140. The van der Waals surface area contributed by atoms with Crippen molar-refractivity contribution in [3.8, 4) is 23.0 Å². The van der Waals surface area contributed by atoms with Crippen molar-refractivity contribution in [1.29, 1.82) is 0 Å². The second-order valence-electron chi connectivity index (χ2n) is 28.1. The lowest BCUT2D eigenvalue weighted by Gasteiger charge is -2.23. The number of carbonyl (C=O) groups excluding carboxylic acids is 8. The molecule has 4 aromatic carbocycles. The molecule has 17 heteroatoms. The van der Waals surface area contributed by atoms with E-state index in [1.54, 1.807) is 72.8 Å². The van der Waals surface area contributed by atoms with E-state index in [4.69, 9.17) is 30.4 Å². The van der Waals surface area contributed by atoms with Crippen molar-refractivity contribution >= 4 is 46.8 Å². The number of ether oxygens (including phenoxy) is 4. The Morgan fingerprint density at radius 2 is 0.588 bits per heavy atom. The zero-order valence-corrected chi connectivity index (χ0v) is 60.9. The molecule has 4 aromatic rings. The fraction of sp³-hybridized carbons (Fsp3) is 0.600. The highest BCUT2D eigenvalue weighted by molar-refractivity contribution is 6.04. The first kappa shape index (κ1) is 82.0. The maximum Gasteiger partial charge on any atom is 0.255 e. The summed E-state index contributed by atoms with van der Waals surface area (Å²) < 4.78 is 24.7. The van der Waals surface area contributed by atoms with Crippen molar-refractivity contribution in [3.05, 3.63) is 117 Å². The van der Waals surface area contributed by atoms with Crippen LogP contribution in [0.4, 0.5) is 0 Å². The number of ketones is 4. The smallest absolute Gasteiger partial charge is 0.255 e. The zero-order valence-electron chi connectivity index (χ0n) is 60.9. The van der Waals surface area contributed by atoms with Crippen LogP contribution in [0, 0.1) is 23.7 Å². The number of nitrogens with one attached hydrogen (secondary N) is 3. The Morgan fingerprint density at radius 3 is 0.835 bits per heavy atom. The van der Waals surface area contributed by atoms with Crippen LogP contribution < -0.4 is 46.4 Å². The topological polar surface area (TPSA) is 262 Å². The van der Waals surface area contributed by atoms with Crippen molar-refractivity contribution < 1.29 is 57.3 Å². The maximum atomic E-state index is 14.9. The van der Waals surface area contributed by atoms with E-state index in [0.717, 1.165) is 103 Å². The van der Waals surface area contributed by atoms with E-state index in [2.05, 4.69) is 43.6 Å². The third kappa shape index (κ3) is 30.1. The average molecular weight is 1340 g/mol. The molecule has 0 radical (unpaired) electrons. The van der Waals surface area contributed by atoms with Gasteiger partial charge in [0.05, 0.1) is 72.8 Å². The number of unbranched alkanes of at least 4 members (excludes halogenated alkanes) is 12. The monoisotopic (exact) mass is 1340 g/mol. The SMILES string of the molecule is CCCCCCOc1ccc(CC(=O)[C@H](CC(C)C)NC(=O)c2cc(CC(=O)[C@H](CC(C)C)NC(=O)c3cc(CC(=O)[C@H](CC(C)C)NC(=O)c4cc(CC(=O)[C@@H](N)CC(C)C)ccc4OCCCCCC)ccc3OCCCCCC)ccc2OCCCCCC)cc1C(N)=O. The van der Waals surface area contributed by atoms with Crippen LogP contribution >= 0.6 is 0 Å². The highest BCUT2D eigenvalue weighted by atomic mass is 16.5. The molecule has 4 amide bonds. The van der Waals surface area contributed by atoms with E-state index in [1.165, 1.54) is 0 Å². The van der Waals surface area contributed by atoms with Gasteiger partial charge >= 0.3 is 0 Å². The van der Waals surface area contributed by atoms with Gasteiger partial charge in [-0.3, -0.25) is 38.4 Å². The number of primary amides is 1. The van der Waals surface area contributed by atoms with E-state index in [-0.39, 0.29) is 101 Å². The van der Waals surface area contributed by atoms with Gasteiger partial charge in [0, 0.05) is 25.7 Å². The molecule has 0 heterocycles. The van der Waals surface area contributed by atoms with Crippen LogP contribution in [0.15, 0.2) is 72.8 Å². The predicted molar refractivity (Wildman–Crippen MR) is 387 cm³/mol. The lowest BCUT2D eigenvalue weighted by atomic mass is 9.93. The third-order valence-electron chi connectivity index (χ3n) is 17.1. The molecule has 0 saturated carbocycles. The average Bonchev–Trinajstić information content (AvgIpc) is 0.849. The fourth-order valence-electron chi connectivity index (χ4n) is 11.7. The lowest BCUT2D eigenvalue weighted by Crippen LogP contribution is -2.43. The first-order chi connectivity index (χ1) is 46.4. The summed E-state index contributed by atoms with van der Waals surface area (Å²) in [4.78, 5) is 114. The van der Waals surface area contributed by atoms with Gasteiger partial charge < -0.3 is 46.4 Å². The van der Waals surface area contributed by atoms with Crippen LogP contribution in [0.3, 0.4) is 0 Å². The van der Waals surface area contributed by atoms with E-state index < -0.39 is 47.8 Å². The molecule has 0 aromatic heterocycles. The summed E-state index contributed by atoms with van der Waals surface area (Å²) in [7, 11) is 0. The fourth-order valence-corrected chi connectivity index (χ4v) is 11.7. The molecule has 0 aliphatic rings. The normalized spacial score (nSPS) is 12.7. The van der Waals surface area contributed by atoms with Gasteiger partial charge in [-0.2, -0.15) is 0 Å². The van der Waals surface area contributed by atoms with Gasteiger partial charge in [-0.15, -0.1) is 0 Å². The number of amides is 4. The van der Waals surface area contributed by atoms with Crippen LogP contribution in [0.25, 0.3) is 0 Å². The molecule has 4 rings (SSSR count). The first-order valence-corrected chi connectivity index (χ1v) is 36.5. The molecule has 0 spiro atoms. The predicted octanol–water partition coefficient (Wildman–Crippen LogP) is 15.0. The van der Waals surface area contributed by atoms with Crippen molar-refractivity contribution in [2.75, 3.05) is 26.4 Å². The van der Waals surface area contributed by atoms with E-state index in [1.807, 2.05) is 55.4 Å². The van der Waals surface area contributed by atoms with Crippen LogP contribution in [0.5, 0.6) is 23.0 Å². The number of hydrogen-bond donors (Lipinski definition) is 5. The van der Waals surface area contributed by atoms with Crippen LogP contribution in [-0.2, 0) is 44.9 Å². The summed E-state index contributed by atoms with van der Waals surface area (Å²) in [5, 5.41) is 9.08. The third-order valence-corrected chi connectivity index (χ3v) is 17.1. The number of Topliss-reactive ketones (excluding diaryl/α,β-unsaturated/α-hetero) is 4. The number of hydrogen-bond acceptors (Lipinski definition) is 13. The van der Waals surface area contributed by atoms with Gasteiger partial charge in [0.25, 0.3) is 23.6 Å². The minimum atomic E-state index is -0.985. The Kier molecular flexibility index (Phi) is 37.6. The van der Waals surface area contributed by atoms with E-state index in [9.17, 15) is 38.4 Å². The molecule has 17 nitrogen and oxygen atoms in total. The summed E-state index contributed by atoms with van der Waals surface area (Å²) in [6.45, 7) is 25.8. The van der Waals surface area contributed by atoms with Gasteiger partial charge in [-0.05, 0) is 146 Å². The standard InChI is InChI=1S/C80H119N5O12/c1-13-17-21-25-37-94-73-33-29-57(45-61(73)77(82)90)50-70(87)66(42-54(7)8)83-79(92)63-47-59(31-35-75(63)96-39-27-23-19-15-3)52-72(89)68(44-56(11)12)85-80(93)64-48-60(32-36-76(64)97-40-28-24-20-16-4)51-71(88)67(43-55(9)10)84-78(91)62-46-58(49-69(86)65(81)41-53(5)6)30-34-74(62)95-38-26-22-18-14-2/h29-36,45-48,53-56,65-68H,13-28,37-44,49-52,81H2,1-12H3,(H2,82,90)(H,83,92)(H,84,91)(H,85,93)/t65-,66-,67-,68-/m0/s1. The van der Waals surface area contributed by atoms with Crippen LogP contribution in [0.2, 0.25) is 0 Å². The summed E-state index contributed by atoms with van der Waals surface area (Å²) in [6, 6.07) is 16.7. The van der Waals surface area contributed by atoms with Crippen molar-refractivity contribution in [2.24, 2.45) is 35.1 Å². The van der Waals surface area contributed by atoms with E-state index in [0.29, 0.717) is 90.9 Å². The van der Waals surface area contributed by atoms with Crippen LogP contribution in [0.1, 0.15) is 275 Å². The molecule has 0 unspecified atom stereocenters. The summed E-state index contributed by atoms with van der Waals surface area (Å²) in [5.74, 6) is -1.84. The van der Waals surface area contributed by atoms with Gasteiger partial charge in [-0.1, -0.05) is 184 Å². The molecular weight excluding hydrogens is 1220 g/mol. The Labute approximate surface area is 580 Å². The molecular formula is C80H119N5O12. The second-order valence-corrected chi connectivity index (χ2v) is 28.1. The minimum absolute atomic E-state index is 0.00417. The van der Waals surface area contributed by atoms with Crippen molar-refractivity contribution in [3.63, 3.8) is 0 Å². The molecule has 97 heavy (non-hydrogen) atoms. The van der Waals surface area contributed by atoms with Crippen molar-refractivity contribution in [2.45, 2.75) is 261 Å². The quantitative estimate of drug-likeness (QED) is 0.0258. The summed E-state index contributed by atoms with van der Waals surface area (Å²) in [6.07, 6.45) is 16.4. The second kappa shape index (κ2) is 44.5. The number of nitrogens with two attached hydrogens (primary N) is 2. The zero-order chi connectivity index (χ0) is 71.4.